The molecule has 6 nitrogen and oxygen atoms in total. The minimum Gasteiger partial charge on any atom is -0.443 e. The van der Waals surface area contributed by atoms with Crippen molar-refractivity contribution in [2.75, 3.05) is 6.54 Å². The van der Waals surface area contributed by atoms with E-state index in [4.69, 9.17) is 4.74 Å². The van der Waals surface area contributed by atoms with E-state index in [0.29, 0.717) is 13.0 Å². The van der Waals surface area contributed by atoms with Crippen LogP contribution in [-0.2, 0) is 11.3 Å². The third kappa shape index (κ3) is 7.22. The number of hydrazine groups is 1. The Kier molecular flexibility index (Phi) is 8.51. The molecule has 2 aromatic rings. The third-order valence-corrected chi connectivity index (χ3v) is 4.64. The number of nitrogens with zero attached hydrogens (tertiary/aromatic N) is 1. The van der Waals surface area contributed by atoms with Crippen LogP contribution in [-0.4, -0.2) is 23.7 Å². The first kappa shape index (κ1) is 20.6. The first-order chi connectivity index (χ1) is 13.1. The second-order valence-electron chi connectivity index (χ2n) is 5.90. The standard InChI is InChI=1S/C20H25N3O3S/c1-3-14-23(21-20(25)26-15-17-10-6-4-7-11-17)19(24)22-27-16(2)18-12-8-5-9-13-18/h4-13,16H,3,14-15H2,1-2H3,(H,21,25)(H,22,24)/t16-/m0/s1. The zero-order chi connectivity index (χ0) is 19.5. The highest BCUT2D eigenvalue weighted by Gasteiger charge is 2.17. The highest BCUT2D eigenvalue weighted by Crippen LogP contribution is 2.25. The molecule has 2 N–H and O–H groups in total. The Morgan fingerprint density at radius 3 is 2.33 bits per heavy atom. The van der Waals surface area contributed by atoms with Crippen molar-refractivity contribution in [2.24, 2.45) is 0 Å². The first-order valence-corrected chi connectivity index (χ1v) is 9.73. The lowest BCUT2D eigenvalue weighted by Gasteiger charge is -2.23. The summed E-state index contributed by atoms with van der Waals surface area (Å²) in [5.41, 5.74) is 4.49. The zero-order valence-corrected chi connectivity index (χ0v) is 16.4. The smallest absolute Gasteiger partial charge is 0.426 e. The molecule has 0 radical (unpaired) electrons. The molecule has 2 aromatic carbocycles. The predicted molar refractivity (Wildman–Crippen MR) is 108 cm³/mol. The van der Waals surface area contributed by atoms with Crippen LogP contribution in [0.4, 0.5) is 9.59 Å². The van der Waals surface area contributed by atoms with Gasteiger partial charge in [-0.2, -0.15) is 0 Å². The van der Waals surface area contributed by atoms with E-state index in [1.807, 2.05) is 74.5 Å². The minimum absolute atomic E-state index is 0.0867. The van der Waals surface area contributed by atoms with Gasteiger partial charge in [0.15, 0.2) is 0 Å². The number of nitrogens with one attached hydrogen (secondary N) is 2. The van der Waals surface area contributed by atoms with E-state index in [2.05, 4.69) is 10.1 Å². The second-order valence-corrected chi connectivity index (χ2v) is 7.05. The summed E-state index contributed by atoms with van der Waals surface area (Å²) in [4.78, 5) is 24.4. The van der Waals surface area contributed by atoms with Gasteiger partial charge in [0, 0.05) is 11.8 Å². The number of urea groups is 1. The Morgan fingerprint density at radius 2 is 1.70 bits per heavy atom. The topological polar surface area (TPSA) is 70.7 Å². The van der Waals surface area contributed by atoms with E-state index in [1.165, 1.54) is 17.0 Å². The van der Waals surface area contributed by atoms with Crippen LogP contribution >= 0.6 is 11.9 Å². The molecule has 7 heteroatoms. The molecule has 0 aromatic heterocycles. The Hall–Kier alpha value is -2.67. The fourth-order valence-electron chi connectivity index (χ4n) is 2.28. The highest BCUT2D eigenvalue weighted by atomic mass is 32.2. The maximum Gasteiger partial charge on any atom is 0.426 e. The van der Waals surface area contributed by atoms with Gasteiger partial charge in [0.2, 0.25) is 0 Å². The number of benzene rings is 2. The Bertz CT molecular complexity index is 713. The molecule has 1 atom stereocenters. The van der Waals surface area contributed by atoms with Gasteiger partial charge in [-0.25, -0.2) is 20.0 Å². The van der Waals surface area contributed by atoms with Gasteiger partial charge in [-0.3, -0.25) is 4.72 Å². The van der Waals surface area contributed by atoms with Gasteiger partial charge in [0.1, 0.15) is 6.61 Å². The van der Waals surface area contributed by atoms with Crippen LogP contribution in [0.25, 0.3) is 0 Å². The molecule has 0 heterocycles. The van der Waals surface area contributed by atoms with Crippen molar-refractivity contribution in [3.8, 4) is 0 Å². The monoisotopic (exact) mass is 387 g/mol. The number of carbonyl (C=O) groups is 2. The van der Waals surface area contributed by atoms with Gasteiger partial charge in [0.25, 0.3) is 0 Å². The van der Waals surface area contributed by atoms with Crippen molar-refractivity contribution in [1.82, 2.24) is 15.2 Å². The van der Waals surface area contributed by atoms with Gasteiger partial charge < -0.3 is 4.74 Å². The molecule has 0 spiro atoms. The fraction of sp³-hybridized carbons (Fsp3) is 0.300. The van der Waals surface area contributed by atoms with Crippen molar-refractivity contribution < 1.29 is 14.3 Å². The Morgan fingerprint density at radius 1 is 1.07 bits per heavy atom. The van der Waals surface area contributed by atoms with Gasteiger partial charge in [-0.1, -0.05) is 67.6 Å². The number of ether oxygens (including phenoxy) is 1. The molecule has 0 aliphatic carbocycles. The summed E-state index contributed by atoms with van der Waals surface area (Å²) in [5, 5.41) is 1.32. The lowest BCUT2D eigenvalue weighted by molar-refractivity contribution is 0.108. The van der Waals surface area contributed by atoms with E-state index in [-0.39, 0.29) is 17.9 Å². The minimum atomic E-state index is -0.663. The lowest BCUT2D eigenvalue weighted by Crippen LogP contribution is -2.49. The summed E-state index contributed by atoms with van der Waals surface area (Å²) >= 11 is 1.30. The normalized spacial score (nSPS) is 11.3. The summed E-state index contributed by atoms with van der Waals surface area (Å²) in [6, 6.07) is 18.9. The lowest BCUT2D eigenvalue weighted by atomic mass is 10.2. The SMILES string of the molecule is CCCN(NC(=O)OCc1ccccc1)C(=O)NS[C@@H](C)c1ccccc1. The Balaban J connectivity index is 1.81. The van der Waals surface area contributed by atoms with Crippen molar-refractivity contribution in [3.63, 3.8) is 0 Å². The van der Waals surface area contributed by atoms with Crippen molar-refractivity contribution >= 4 is 24.1 Å². The molecule has 3 amide bonds. The van der Waals surface area contributed by atoms with Crippen LogP contribution in [0.3, 0.4) is 0 Å². The predicted octanol–water partition coefficient (Wildman–Crippen LogP) is 4.66. The van der Waals surface area contributed by atoms with Crippen molar-refractivity contribution in [1.29, 1.82) is 0 Å². The number of rotatable bonds is 7. The number of carbonyl (C=O) groups excluding carboxylic acids is 2. The summed E-state index contributed by atoms with van der Waals surface area (Å²) in [5.74, 6) is 0. The van der Waals surface area contributed by atoms with Crippen LogP contribution in [0.2, 0.25) is 0 Å². The van der Waals surface area contributed by atoms with Crippen LogP contribution < -0.4 is 10.1 Å². The van der Waals surface area contributed by atoms with Gasteiger partial charge in [-0.15, -0.1) is 0 Å². The molecule has 0 bridgehead atoms. The van der Waals surface area contributed by atoms with Crippen molar-refractivity contribution in [3.05, 3.63) is 71.8 Å². The van der Waals surface area contributed by atoms with Crippen LogP contribution in [0.15, 0.2) is 60.7 Å². The molecular formula is C20H25N3O3S. The average Bonchev–Trinajstić information content (AvgIpc) is 2.71. The van der Waals surface area contributed by atoms with Gasteiger partial charge in [-0.05, 0) is 36.4 Å². The maximum absolute atomic E-state index is 12.4. The molecule has 0 saturated carbocycles. The summed E-state index contributed by atoms with van der Waals surface area (Å²) in [6.45, 7) is 4.46. The molecule has 0 saturated heterocycles. The van der Waals surface area contributed by atoms with Gasteiger partial charge >= 0.3 is 12.1 Å². The fourth-order valence-corrected chi connectivity index (χ4v) is 2.96. The van der Waals surface area contributed by atoms with E-state index < -0.39 is 6.09 Å². The average molecular weight is 388 g/mol. The van der Waals surface area contributed by atoms with E-state index >= 15 is 0 Å². The molecule has 2 rings (SSSR count). The summed E-state index contributed by atoms with van der Waals surface area (Å²) in [6.07, 6.45) is 0.0363. The molecule has 0 fully saturated rings. The quantitative estimate of drug-likeness (QED) is 0.535. The van der Waals surface area contributed by atoms with Crippen LogP contribution in [0.5, 0.6) is 0 Å². The van der Waals surface area contributed by atoms with Gasteiger partial charge in [0.05, 0.1) is 0 Å². The number of hydrogen-bond donors (Lipinski definition) is 2. The molecular weight excluding hydrogens is 362 g/mol. The maximum atomic E-state index is 12.4. The number of hydrogen-bond acceptors (Lipinski definition) is 4. The summed E-state index contributed by atoms with van der Waals surface area (Å²) in [7, 11) is 0. The highest BCUT2D eigenvalue weighted by molar-refractivity contribution is 7.98. The largest absolute Gasteiger partial charge is 0.443 e. The third-order valence-electron chi connectivity index (χ3n) is 3.72. The molecule has 0 unspecified atom stereocenters. The molecule has 27 heavy (non-hydrogen) atoms. The number of amides is 3. The second kappa shape index (κ2) is 11.1. The first-order valence-electron chi connectivity index (χ1n) is 8.85. The zero-order valence-electron chi connectivity index (χ0n) is 15.6. The van der Waals surface area contributed by atoms with E-state index in [0.717, 1.165) is 11.1 Å². The van der Waals surface area contributed by atoms with E-state index in [1.54, 1.807) is 0 Å². The van der Waals surface area contributed by atoms with Crippen LogP contribution in [0, 0.1) is 0 Å². The van der Waals surface area contributed by atoms with Crippen molar-refractivity contribution in [2.45, 2.75) is 32.1 Å². The molecule has 0 aliphatic rings. The molecule has 144 valence electrons. The molecule has 0 aliphatic heterocycles. The summed E-state index contributed by atoms with van der Waals surface area (Å²) < 4.78 is 7.95. The Labute approximate surface area is 164 Å². The van der Waals surface area contributed by atoms with E-state index in [9.17, 15) is 9.59 Å². The van der Waals surface area contributed by atoms with Crippen LogP contribution in [0.1, 0.15) is 36.6 Å².